The van der Waals surface area contributed by atoms with E-state index < -0.39 is 5.54 Å². The van der Waals surface area contributed by atoms with Gasteiger partial charge in [0.2, 0.25) is 0 Å². The van der Waals surface area contributed by atoms with Crippen LogP contribution in [-0.2, 0) is 5.54 Å². The van der Waals surface area contributed by atoms with E-state index in [0.717, 1.165) is 11.1 Å². The zero-order valence-electron chi connectivity index (χ0n) is 15.1. The number of fused-ring (bicyclic) bond motifs is 1. The normalized spacial score (nSPS) is 13.1. The summed E-state index contributed by atoms with van der Waals surface area (Å²) in [5.41, 5.74) is 1.91. The van der Waals surface area contributed by atoms with Crippen molar-refractivity contribution in [1.29, 1.82) is 0 Å². The Kier molecular flexibility index (Phi) is 4.55. The number of hydrogen-bond acceptors (Lipinski definition) is 3. The highest BCUT2D eigenvalue weighted by molar-refractivity contribution is 5.95. The van der Waals surface area contributed by atoms with Crippen molar-refractivity contribution in [3.63, 3.8) is 0 Å². The molecule has 3 aromatic rings. The Morgan fingerprint density at radius 2 is 1.37 bits per heavy atom. The van der Waals surface area contributed by atoms with E-state index in [1.165, 1.54) is 0 Å². The lowest BCUT2D eigenvalue weighted by molar-refractivity contribution is 0.0917. The van der Waals surface area contributed by atoms with Gasteiger partial charge in [-0.2, -0.15) is 0 Å². The second-order valence-corrected chi connectivity index (χ2v) is 6.67. The lowest BCUT2D eigenvalue weighted by Gasteiger charge is -2.32. The predicted octanol–water partition coefficient (Wildman–Crippen LogP) is 4.15. The van der Waals surface area contributed by atoms with Crippen LogP contribution in [0.5, 0.6) is 11.5 Å². The van der Waals surface area contributed by atoms with Crippen LogP contribution in [-0.4, -0.2) is 19.1 Å². The van der Waals surface area contributed by atoms with Crippen molar-refractivity contribution >= 4 is 5.91 Å². The molecule has 0 aromatic heterocycles. The van der Waals surface area contributed by atoms with Gasteiger partial charge >= 0.3 is 0 Å². The minimum Gasteiger partial charge on any atom is -0.486 e. The molecule has 1 amide bonds. The van der Waals surface area contributed by atoms with E-state index in [1.807, 2.05) is 67.6 Å². The van der Waals surface area contributed by atoms with Gasteiger partial charge in [-0.3, -0.25) is 4.79 Å². The van der Waals surface area contributed by atoms with E-state index in [2.05, 4.69) is 5.32 Å². The third-order valence-corrected chi connectivity index (χ3v) is 4.87. The maximum atomic E-state index is 13.1. The van der Waals surface area contributed by atoms with Gasteiger partial charge in [0.05, 0.1) is 5.54 Å². The SMILES string of the molecule is CC(NC(=O)c1ccc2c(c1)OCCO2)(c1ccccc1)c1ccccc1. The molecule has 136 valence electrons. The first kappa shape index (κ1) is 17.2. The highest BCUT2D eigenvalue weighted by Gasteiger charge is 2.31. The number of benzene rings is 3. The largest absolute Gasteiger partial charge is 0.486 e. The molecule has 0 radical (unpaired) electrons. The molecule has 4 nitrogen and oxygen atoms in total. The molecule has 4 rings (SSSR count). The van der Waals surface area contributed by atoms with Crippen molar-refractivity contribution in [3.05, 3.63) is 95.6 Å². The number of ether oxygens (including phenoxy) is 2. The molecule has 1 N–H and O–H groups in total. The van der Waals surface area contributed by atoms with Gasteiger partial charge in [0.15, 0.2) is 11.5 Å². The Labute approximate surface area is 158 Å². The Bertz CT molecular complexity index is 899. The summed E-state index contributed by atoms with van der Waals surface area (Å²) in [5.74, 6) is 1.11. The van der Waals surface area contributed by atoms with Crippen LogP contribution in [0.15, 0.2) is 78.9 Å². The van der Waals surface area contributed by atoms with Crippen LogP contribution < -0.4 is 14.8 Å². The lowest BCUT2D eigenvalue weighted by Crippen LogP contribution is -2.44. The second kappa shape index (κ2) is 7.16. The molecule has 27 heavy (non-hydrogen) atoms. The average molecular weight is 359 g/mol. The lowest BCUT2D eigenvalue weighted by atomic mass is 9.84. The molecule has 0 unspecified atom stereocenters. The van der Waals surface area contributed by atoms with Crippen LogP contribution in [0.4, 0.5) is 0 Å². The average Bonchev–Trinajstić information content (AvgIpc) is 2.74. The number of nitrogens with one attached hydrogen (secondary N) is 1. The molecule has 0 bridgehead atoms. The molecule has 3 aromatic carbocycles. The zero-order chi connectivity index (χ0) is 18.7. The second-order valence-electron chi connectivity index (χ2n) is 6.67. The maximum absolute atomic E-state index is 13.1. The molecule has 0 saturated heterocycles. The monoisotopic (exact) mass is 359 g/mol. The quantitative estimate of drug-likeness (QED) is 0.761. The van der Waals surface area contributed by atoms with Crippen LogP contribution in [0, 0.1) is 0 Å². The summed E-state index contributed by atoms with van der Waals surface area (Å²) in [6, 6.07) is 25.2. The topological polar surface area (TPSA) is 47.6 Å². The Morgan fingerprint density at radius 1 is 0.815 bits per heavy atom. The minimum absolute atomic E-state index is 0.165. The van der Waals surface area contributed by atoms with Crippen LogP contribution in [0.25, 0.3) is 0 Å². The van der Waals surface area contributed by atoms with Crippen LogP contribution in [0.1, 0.15) is 28.4 Å². The fraction of sp³-hybridized carbons (Fsp3) is 0.174. The molecule has 0 fully saturated rings. The summed E-state index contributed by atoms with van der Waals surface area (Å²) in [6.45, 7) is 3.04. The third-order valence-electron chi connectivity index (χ3n) is 4.87. The molecular weight excluding hydrogens is 338 g/mol. The van der Waals surface area contributed by atoms with E-state index in [-0.39, 0.29) is 5.91 Å². The van der Waals surface area contributed by atoms with Crippen molar-refractivity contribution in [3.8, 4) is 11.5 Å². The first-order valence-electron chi connectivity index (χ1n) is 9.00. The highest BCUT2D eigenvalue weighted by Crippen LogP contribution is 2.32. The molecule has 0 spiro atoms. The molecule has 1 aliphatic heterocycles. The fourth-order valence-corrected chi connectivity index (χ4v) is 3.34. The molecule has 0 aliphatic carbocycles. The molecule has 4 heteroatoms. The molecule has 1 aliphatic rings. The summed E-state index contributed by atoms with van der Waals surface area (Å²) >= 11 is 0. The van der Waals surface area contributed by atoms with E-state index >= 15 is 0 Å². The maximum Gasteiger partial charge on any atom is 0.252 e. The standard InChI is InChI=1S/C23H21NO3/c1-23(18-8-4-2-5-9-18,19-10-6-3-7-11-19)24-22(25)17-12-13-20-21(16-17)27-15-14-26-20/h2-13,16H,14-15H2,1H3,(H,24,25). The number of rotatable bonds is 4. The highest BCUT2D eigenvalue weighted by atomic mass is 16.6. The van der Waals surface area contributed by atoms with Gasteiger partial charge in [-0.1, -0.05) is 60.7 Å². The van der Waals surface area contributed by atoms with Gasteiger partial charge in [0.25, 0.3) is 5.91 Å². The predicted molar refractivity (Wildman–Crippen MR) is 104 cm³/mol. The molecular formula is C23H21NO3. The molecule has 0 atom stereocenters. The van der Waals surface area contributed by atoms with Crippen LogP contribution in [0.2, 0.25) is 0 Å². The smallest absolute Gasteiger partial charge is 0.252 e. The van der Waals surface area contributed by atoms with Crippen LogP contribution in [0.3, 0.4) is 0 Å². The summed E-state index contributed by atoms with van der Waals surface area (Å²) in [7, 11) is 0. The zero-order valence-corrected chi connectivity index (χ0v) is 15.1. The Morgan fingerprint density at radius 3 is 1.96 bits per heavy atom. The van der Waals surface area contributed by atoms with Gasteiger partial charge in [0, 0.05) is 5.56 Å². The van der Waals surface area contributed by atoms with Gasteiger partial charge in [0.1, 0.15) is 13.2 Å². The van der Waals surface area contributed by atoms with Crippen LogP contribution >= 0.6 is 0 Å². The van der Waals surface area contributed by atoms with Gasteiger partial charge in [-0.25, -0.2) is 0 Å². The summed E-state index contributed by atoms with van der Waals surface area (Å²) < 4.78 is 11.1. The van der Waals surface area contributed by atoms with Crippen molar-refractivity contribution in [2.75, 3.05) is 13.2 Å². The number of hydrogen-bond donors (Lipinski definition) is 1. The third kappa shape index (κ3) is 3.38. The number of amides is 1. The van der Waals surface area contributed by atoms with Crippen molar-refractivity contribution in [2.24, 2.45) is 0 Å². The van der Waals surface area contributed by atoms with Crippen molar-refractivity contribution < 1.29 is 14.3 Å². The van der Waals surface area contributed by atoms with Crippen molar-refractivity contribution in [1.82, 2.24) is 5.32 Å². The molecule has 0 saturated carbocycles. The van der Waals surface area contributed by atoms with Gasteiger partial charge < -0.3 is 14.8 Å². The van der Waals surface area contributed by atoms with E-state index in [4.69, 9.17) is 9.47 Å². The molecule has 1 heterocycles. The van der Waals surface area contributed by atoms with E-state index in [0.29, 0.717) is 30.3 Å². The first-order chi connectivity index (χ1) is 13.2. The Balaban J connectivity index is 1.69. The summed E-state index contributed by atoms with van der Waals surface area (Å²) in [6.07, 6.45) is 0. The summed E-state index contributed by atoms with van der Waals surface area (Å²) in [4.78, 5) is 13.1. The number of carbonyl (C=O) groups excluding carboxylic acids is 1. The first-order valence-corrected chi connectivity index (χ1v) is 9.00. The van der Waals surface area contributed by atoms with Crippen molar-refractivity contribution in [2.45, 2.75) is 12.5 Å². The minimum atomic E-state index is -0.660. The van der Waals surface area contributed by atoms with E-state index in [9.17, 15) is 4.79 Å². The van der Waals surface area contributed by atoms with Gasteiger partial charge in [-0.15, -0.1) is 0 Å². The van der Waals surface area contributed by atoms with Gasteiger partial charge in [-0.05, 0) is 36.2 Å². The fourth-order valence-electron chi connectivity index (χ4n) is 3.34. The Hall–Kier alpha value is -3.27. The summed E-state index contributed by atoms with van der Waals surface area (Å²) in [5, 5.41) is 3.21. The number of carbonyl (C=O) groups is 1. The van der Waals surface area contributed by atoms with E-state index in [1.54, 1.807) is 18.2 Å².